The van der Waals surface area contributed by atoms with Crippen molar-refractivity contribution in [1.29, 1.82) is 5.26 Å². The van der Waals surface area contributed by atoms with Crippen LogP contribution in [0.3, 0.4) is 0 Å². The SMILES string of the molecule is COC(=O)c1cc(C#N)cnc1N1CCC(CNC(=O)OC(C)(C)C)CC1. The van der Waals surface area contributed by atoms with Crippen molar-refractivity contribution in [3.05, 3.63) is 23.4 Å². The molecule has 0 atom stereocenters. The van der Waals surface area contributed by atoms with E-state index in [-0.39, 0.29) is 0 Å². The zero-order valence-corrected chi connectivity index (χ0v) is 16.2. The minimum absolute atomic E-state index is 0.293. The Morgan fingerprint density at radius 1 is 1.37 bits per heavy atom. The van der Waals surface area contributed by atoms with E-state index in [9.17, 15) is 9.59 Å². The number of piperidine rings is 1. The van der Waals surface area contributed by atoms with Crippen LogP contribution in [-0.2, 0) is 9.47 Å². The van der Waals surface area contributed by atoms with E-state index >= 15 is 0 Å². The van der Waals surface area contributed by atoms with E-state index in [1.807, 2.05) is 31.7 Å². The molecule has 0 unspecified atom stereocenters. The molecular formula is C19H26N4O4. The number of hydrogen-bond donors (Lipinski definition) is 1. The lowest BCUT2D eigenvalue weighted by Crippen LogP contribution is -2.41. The molecule has 2 heterocycles. The topological polar surface area (TPSA) is 105 Å². The average Bonchev–Trinajstić information content (AvgIpc) is 2.64. The number of anilines is 1. The molecular weight excluding hydrogens is 348 g/mol. The molecule has 2 rings (SSSR count). The molecule has 1 fully saturated rings. The first-order chi connectivity index (χ1) is 12.7. The number of carbonyl (C=O) groups excluding carboxylic acids is 2. The molecule has 8 heteroatoms. The zero-order valence-electron chi connectivity index (χ0n) is 16.2. The van der Waals surface area contributed by atoms with Gasteiger partial charge < -0.3 is 19.7 Å². The summed E-state index contributed by atoms with van der Waals surface area (Å²) >= 11 is 0. The molecule has 1 aliphatic heterocycles. The molecule has 0 saturated carbocycles. The van der Waals surface area contributed by atoms with Crippen molar-refractivity contribution in [2.45, 2.75) is 39.2 Å². The van der Waals surface area contributed by atoms with Crippen molar-refractivity contribution >= 4 is 17.9 Å². The lowest BCUT2D eigenvalue weighted by molar-refractivity contribution is 0.0515. The number of pyridine rings is 1. The quantitative estimate of drug-likeness (QED) is 0.807. The van der Waals surface area contributed by atoms with Gasteiger partial charge in [0, 0.05) is 25.8 Å². The van der Waals surface area contributed by atoms with Gasteiger partial charge >= 0.3 is 12.1 Å². The fourth-order valence-corrected chi connectivity index (χ4v) is 2.92. The summed E-state index contributed by atoms with van der Waals surface area (Å²) in [6, 6.07) is 3.49. The Balaban J connectivity index is 1.95. The maximum atomic E-state index is 12.0. The largest absolute Gasteiger partial charge is 0.465 e. The minimum Gasteiger partial charge on any atom is -0.465 e. The Morgan fingerprint density at radius 2 is 2.04 bits per heavy atom. The first-order valence-electron chi connectivity index (χ1n) is 8.93. The van der Waals surface area contributed by atoms with E-state index in [1.54, 1.807) is 0 Å². The summed E-state index contributed by atoms with van der Waals surface area (Å²) in [6.45, 7) is 7.43. The third-order valence-corrected chi connectivity index (χ3v) is 4.25. The van der Waals surface area contributed by atoms with Gasteiger partial charge in [-0.2, -0.15) is 5.26 Å². The molecule has 8 nitrogen and oxygen atoms in total. The first kappa shape index (κ1) is 20.5. The maximum Gasteiger partial charge on any atom is 0.407 e. The second-order valence-electron chi connectivity index (χ2n) is 7.51. The normalized spacial score (nSPS) is 15.0. The molecule has 1 aliphatic rings. The standard InChI is InChI=1S/C19H26N4O4/c1-19(2,3)27-18(25)22-11-13-5-7-23(8-6-13)16-15(17(24)26-4)9-14(10-20)12-21-16/h9,12-13H,5-8,11H2,1-4H3,(H,22,25). The predicted octanol–water partition coefficient (Wildman–Crippen LogP) is 2.48. The number of rotatable bonds is 4. The highest BCUT2D eigenvalue weighted by Crippen LogP contribution is 2.25. The van der Waals surface area contributed by atoms with Gasteiger partial charge in [0.2, 0.25) is 0 Å². The van der Waals surface area contributed by atoms with Crippen LogP contribution >= 0.6 is 0 Å². The number of nitriles is 1. The minimum atomic E-state index is -0.515. The molecule has 1 aromatic rings. The van der Waals surface area contributed by atoms with Crippen LogP contribution in [0.4, 0.5) is 10.6 Å². The van der Waals surface area contributed by atoms with Crippen LogP contribution in [0.15, 0.2) is 12.3 Å². The number of esters is 1. The van der Waals surface area contributed by atoms with Crippen LogP contribution in [0.5, 0.6) is 0 Å². The van der Waals surface area contributed by atoms with E-state index in [0.717, 1.165) is 12.8 Å². The van der Waals surface area contributed by atoms with Crippen LogP contribution < -0.4 is 10.2 Å². The third kappa shape index (κ3) is 5.84. The predicted molar refractivity (Wildman–Crippen MR) is 99.5 cm³/mol. The highest BCUT2D eigenvalue weighted by molar-refractivity contribution is 5.95. The van der Waals surface area contributed by atoms with E-state index in [2.05, 4.69) is 10.3 Å². The van der Waals surface area contributed by atoms with Crippen LogP contribution in [-0.4, -0.2) is 49.4 Å². The van der Waals surface area contributed by atoms with Crippen molar-refractivity contribution in [3.63, 3.8) is 0 Å². The lowest BCUT2D eigenvalue weighted by atomic mass is 9.96. The second kappa shape index (κ2) is 8.71. The number of nitrogens with zero attached hydrogens (tertiary/aromatic N) is 3. The Labute approximate surface area is 159 Å². The molecule has 1 amide bonds. The monoisotopic (exact) mass is 374 g/mol. The fourth-order valence-electron chi connectivity index (χ4n) is 2.92. The van der Waals surface area contributed by atoms with Gasteiger partial charge in [-0.05, 0) is 45.6 Å². The molecule has 1 saturated heterocycles. The van der Waals surface area contributed by atoms with E-state index < -0.39 is 17.7 Å². The fraction of sp³-hybridized carbons (Fsp3) is 0.579. The lowest BCUT2D eigenvalue weighted by Gasteiger charge is -2.33. The summed E-state index contributed by atoms with van der Waals surface area (Å²) in [5, 5.41) is 11.8. The Kier molecular flexibility index (Phi) is 6.61. The van der Waals surface area contributed by atoms with Crippen LogP contribution in [0.2, 0.25) is 0 Å². The van der Waals surface area contributed by atoms with Gasteiger partial charge in [-0.1, -0.05) is 0 Å². The highest BCUT2D eigenvalue weighted by atomic mass is 16.6. The second-order valence-corrected chi connectivity index (χ2v) is 7.51. The molecule has 0 radical (unpaired) electrons. The van der Waals surface area contributed by atoms with E-state index in [0.29, 0.717) is 42.5 Å². The van der Waals surface area contributed by atoms with Crippen molar-refractivity contribution in [3.8, 4) is 6.07 Å². The van der Waals surface area contributed by atoms with Gasteiger partial charge in [0.25, 0.3) is 0 Å². The first-order valence-corrected chi connectivity index (χ1v) is 8.93. The number of alkyl carbamates (subject to hydrolysis) is 1. The van der Waals surface area contributed by atoms with Crippen LogP contribution in [0, 0.1) is 17.2 Å². The summed E-state index contributed by atoms with van der Waals surface area (Å²) in [4.78, 5) is 30.1. The summed E-state index contributed by atoms with van der Waals surface area (Å²) in [5.41, 5.74) is 0.0939. The Bertz CT molecular complexity index is 728. The van der Waals surface area contributed by atoms with Crippen molar-refractivity contribution in [1.82, 2.24) is 10.3 Å². The summed E-state index contributed by atoms with van der Waals surface area (Å²) in [6.07, 6.45) is 2.74. The summed E-state index contributed by atoms with van der Waals surface area (Å²) < 4.78 is 10.1. The molecule has 0 bridgehead atoms. The van der Waals surface area contributed by atoms with Gasteiger partial charge in [-0.15, -0.1) is 0 Å². The number of methoxy groups -OCH3 is 1. The van der Waals surface area contributed by atoms with Gasteiger partial charge in [0.15, 0.2) is 0 Å². The maximum absolute atomic E-state index is 12.0. The Morgan fingerprint density at radius 3 is 2.59 bits per heavy atom. The molecule has 1 aromatic heterocycles. The van der Waals surface area contributed by atoms with Crippen molar-refractivity contribution in [2.75, 3.05) is 31.6 Å². The number of amides is 1. The number of nitrogens with one attached hydrogen (secondary N) is 1. The third-order valence-electron chi connectivity index (χ3n) is 4.25. The summed E-state index contributed by atoms with van der Waals surface area (Å²) in [5.74, 6) is 0.344. The zero-order chi connectivity index (χ0) is 20.0. The van der Waals surface area contributed by atoms with Gasteiger partial charge in [-0.25, -0.2) is 14.6 Å². The molecule has 1 N–H and O–H groups in total. The van der Waals surface area contributed by atoms with Crippen molar-refractivity contribution in [2.24, 2.45) is 5.92 Å². The van der Waals surface area contributed by atoms with Crippen molar-refractivity contribution < 1.29 is 19.1 Å². The number of ether oxygens (including phenoxy) is 2. The van der Waals surface area contributed by atoms with Crippen LogP contribution in [0.25, 0.3) is 0 Å². The molecule has 0 aromatic carbocycles. The highest BCUT2D eigenvalue weighted by Gasteiger charge is 2.25. The number of carbonyl (C=O) groups is 2. The van der Waals surface area contributed by atoms with E-state index in [1.165, 1.54) is 19.4 Å². The Hall–Kier alpha value is -2.82. The molecule has 0 spiro atoms. The average molecular weight is 374 g/mol. The smallest absolute Gasteiger partial charge is 0.407 e. The molecule has 146 valence electrons. The molecule has 0 aliphatic carbocycles. The number of hydrogen-bond acceptors (Lipinski definition) is 7. The van der Waals surface area contributed by atoms with E-state index in [4.69, 9.17) is 14.7 Å². The summed E-state index contributed by atoms with van der Waals surface area (Å²) in [7, 11) is 1.31. The molecule has 27 heavy (non-hydrogen) atoms. The number of aromatic nitrogens is 1. The van der Waals surface area contributed by atoms with Gasteiger partial charge in [0.05, 0.1) is 12.7 Å². The van der Waals surface area contributed by atoms with Crippen LogP contribution in [0.1, 0.15) is 49.5 Å². The van der Waals surface area contributed by atoms with Gasteiger partial charge in [0.1, 0.15) is 23.1 Å². The van der Waals surface area contributed by atoms with Gasteiger partial charge in [-0.3, -0.25) is 0 Å².